The lowest BCUT2D eigenvalue weighted by Crippen LogP contribution is -2.30. The summed E-state index contributed by atoms with van der Waals surface area (Å²) in [5.74, 6) is -0.285. The third-order valence-corrected chi connectivity index (χ3v) is 3.62. The minimum Gasteiger partial charge on any atom is -0.370 e. The first-order valence-electron chi connectivity index (χ1n) is 7.18. The molecule has 2 rings (SSSR count). The second-order valence-electron chi connectivity index (χ2n) is 5.18. The maximum Gasteiger partial charge on any atom is 0.416 e. The number of nitrogens with one attached hydrogen (secondary N) is 1. The molecular weight excluding hydrogens is 281 g/mol. The fraction of sp³-hybridized carbons (Fsp3) is 0.533. The standard InChI is InChI=1S/C15H19F3N2O/c1-2-14(21)19-12-10-11(15(16,17)18)6-7-13(12)20-8-4-3-5-9-20/h6-7,10H,2-5,8-9H2,1H3,(H,19,21). The molecule has 1 aromatic carbocycles. The number of benzene rings is 1. The highest BCUT2D eigenvalue weighted by atomic mass is 19.4. The highest BCUT2D eigenvalue weighted by Crippen LogP contribution is 2.36. The van der Waals surface area contributed by atoms with Crippen molar-refractivity contribution in [3.8, 4) is 0 Å². The number of carbonyl (C=O) groups excluding carboxylic acids is 1. The molecule has 6 heteroatoms. The van der Waals surface area contributed by atoms with Gasteiger partial charge in [-0.3, -0.25) is 4.79 Å². The minimum absolute atomic E-state index is 0.232. The summed E-state index contributed by atoms with van der Waals surface area (Å²) in [6, 6.07) is 3.56. The van der Waals surface area contributed by atoms with Crippen molar-refractivity contribution < 1.29 is 18.0 Å². The van der Waals surface area contributed by atoms with E-state index in [4.69, 9.17) is 0 Å². The molecule has 0 atom stereocenters. The van der Waals surface area contributed by atoms with Gasteiger partial charge in [0, 0.05) is 19.5 Å². The average molecular weight is 300 g/mol. The number of hydrogen-bond donors (Lipinski definition) is 1. The van der Waals surface area contributed by atoms with Gasteiger partial charge in [0.25, 0.3) is 0 Å². The van der Waals surface area contributed by atoms with Crippen LogP contribution in [-0.4, -0.2) is 19.0 Å². The molecule has 0 saturated carbocycles. The normalized spacial score (nSPS) is 15.9. The van der Waals surface area contributed by atoms with E-state index in [-0.39, 0.29) is 18.0 Å². The molecule has 1 aromatic rings. The first kappa shape index (κ1) is 15.7. The number of alkyl halides is 3. The molecule has 1 N–H and O–H groups in total. The SMILES string of the molecule is CCC(=O)Nc1cc(C(F)(F)F)ccc1N1CCCCC1. The number of carbonyl (C=O) groups is 1. The molecule has 116 valence electrons. The largest absolute Gasteiger partial charge is 0.416 e. The summed E-state index contributed by atoms with van der Waals surface area (Å²) in [4.78, 5) is 13.6. The summed E-state index contributed by atoms with van der Waals surface area (Å²) in [6.45, 7) is 3.28. The van der Waals surface area contributed by atoms with Crippen LogP contribution in [0.2, 0.25) is 0 Å². The second kappa shape index (κ2) is 6.37. The zero-order chi connectivity index (χ0) is 15.5. The van der Waals surface area contributed by atoms with Crippen molar-refractivity contribution in [1.29, 1.82) is 0 Å². The van der Waals surface area contributed by atoms with E-state index in [1.165, 1.54) is 6.07 Å². The molecule has 1 heterocycles. The Hall–Kier alpha value is -1.72. The van der Waals surface area contributed by atoms with E-state index >= 15 is 0 Å². The van der Waals surface area contributed by atoms with Crippen LogP contribution in [0.1, 0.15) is 38.2 Å². The van der Waals surface area contributed by atoms with E-state index in [2.05, 4.69) is 5.32 Å². The van der Waals surface area contributed by atoms with E-state index in [0.29, 0.717) is 5.69 Å². The average Bonchev–Trinajstić information content (AvgIpc) is 2.47. The van der Waals surface area contributed by atoms with E-state index in [9.17, 15) is 18.0 Å². The number of anilines is 2. The number of halogens is 3. The fourth-order valence-electron chi connectivity index (χ4n) is 2.46. The number of piperidine rings is 1. The zero-order valence-corrected chi connectivity index (χ0v) is 12.0. The van der Waals surface area contributed by atoms with Crippen LogP contribution in [0.3, 0.4) is 0 Å². The van der Waals surface area contributed by atoms with Gasteiger partial charge in [0.1, 0.15) is 0 Å². The summed E-state index contributed by atoms with van der Waals surface area (Å²) in [5, 5.41) is 2.59. The maximum absolute atomic E-state index is 12.8. The van der Waals surface area contributed by atoms with Crippen molar-refractivity contribution in [1.82, 2.24) is 0 Å². The molecule has 0 unspecified atom stereocenters. The molecule has 0 aromatic heterocycles. The van der Waals surface area contributed by atoms with Crippen molar-refractivity contribution in [2.24, 2.45) is 0 Å². The van der Waals surface area contributed by atoms with Crippen molar-refractivity contribution in [2.45, 2.75) is 38.8 Å². The molecule has 0 bridgehead atoms. The monoisotopic (exact) mass is 300 g/mol. The molecule has 1 saturated heterocycles. The molecule has 0 spiro atoms. The summed E-state index contributed by atoms with van der Waals surface area (Å²) >= 11 is 0. The van der Waals surface area contributed by atoms with Crippen LogP contribution < -0.4 is 10.2 Å². The zero-order valence-electron chi connectivity index (χ0n) is 12.0. The predicted octanol–water partition coefficient (Wildman–Crippen LogP) is 4.04. The first-order valence-corrected chi connectivity index (χ1v) is 7.18. The van der Waals surface area contributed by atoms with Crippen LogP contribution >= 0.6 is 0 Å². The van der Waals surface area contributed by atoms with E-state index < -0.39 is 11.7 Å². The Balaban J connectivity index is 2.35. The van der Waals surface area contributed by atoms with Gasteiger partial charge in [-0.05, 0) is 37.5 Å². The van der Waals surface area contributed by atoms with E-state index in [1.807, 2.05) is 4.90 Å². The fourth-order valence-corrected chi connectivity index (χ4v) is 2.46. The lowest BCUT2D eigenvalue weighted by Gasteiger charge is -2.31. The number of nitrogens with zero attached hydrogens (tertiary/aromatic N) is 1. The molecular formula is C15H19F3N2O. The smallest absolute Gasteiger partial charge is 0.370 e. The molecule has 1 fully saturated rings. The van der Waals surface area contributed by atoms with Crippen LogP contribution in [0.15, 0.2) is 18.2 Å². The second-order valence-corrected chi connectivity index (χ2v) is 5.18. The van der Waals surface area contributed by atoms with Gasteiger partial charge in [0.2, 0.25) is 5.91 Å². The summed E-state index contributed by atoms with van der Waals surface area (Å²) in [5.41, 5.74) is 0.178. The molecule has 1 aliphatic rings. The molecule has 0 aliphatic carbocycles. The molecule has 1 amide bonds. The van der Waals surface area contributed by atoms with Gasteiger partial charge in [-0.25, -0.2) is 0 Å². The highest BCUT2D eigenvalue weighted by Gasteiger charge is 2.31. The lowest BCUT2D eigenvalue weighted by atomic mass is 10.1. The maximum atomic E-state index is 12.8. The minimum atomic E-state index is -4.41. The van der Waals surface area contributed by atoms with Gasteiger partial charge in [0.05, 0.1) is 16.9 Å². The van der Waals surface area contributed by atoms with Gasteiger partial charge in [-0.15, -0.1) is 0 Å². The van der Waals surface area contributed by atoms with Crippen molar-refractivity contribution >= 4 is 17.3 Å². The van der Waals surface area contributed by atoms with Crippen LogP contribution in [-0.2, 0) is 11.0 Å². The molecule has 0 radical (unpaired) electrons. The van der Waals surface area contributed by atoms with Gasteiger partial charge in [-0.1, -0.05) is 6.92 Å². The van der Waals surface area contributed by atoms with Gasteiger partial charge in [-0.2, -0.15) is 13.2 Å². The summed E-state index contributed by atoms with van der Waals surface area (Å²) in [7, 11) is 0. The number of hydrogen-bond acceptors (Lipinski definition) is 2. The van der Waals surface area contributed by atoms with E-state index in [1.54, 1.807) is 6.92 Å². The predicted molar refractivity (Wildman–Crippen MR) is 76.4 cm³/mol. The third kappa shape index (κ3) is 3.89. The summed E-state index contributed by atoms with van der Waals surface area (Å²) in [6.07, 6.45) is -1.01. The number of rotatable bonds is 3. The quantitative estimate of drug-likeness (QED) is 0.913. The van der Waals surface area contributed by atoms with Crippen LogP contribution in [0.25, 0.3) is 0 Å². The van der Waals surface area contributed by atoms with Crippen LogP contribution in [0, 0.1) is 0 Å². The molecule has 1 aliphatic heterocycles. The Labute approximate surface area is 122 Å². The van der Waals surface area contributed by atoms with Gasteiger partial charge < -0.3 is 10.2 Å². The Bertz CT molecular complexity index is 508. The van der Waals surface area contributed by atoms with Crippen molar-refractivity contribution in [3.63, 3.8) is 0 Å². The Morgan fingerprint density at radius 1 is 1.24 bits per heavy atom. The Morgan fingerprint density at radius 2 is 1.90 bits per heavy atom. The van der Waals surface area contributed by atoms with Gasteiger partial charge >= 0.3 is 6.18 Å². The summed E-state index contributed by atoms with van der Waals surface area (Å²) < 4.78 is 38.5. The first-order chi connectivity index (χ1) is 9.91. The van der Waals surface area contributed by atoms with Crippen molar-refractivity contribution in [2.75, 3.05) is 23.3 Å². The van der Waals surface area contributed by atoms with Crippen molar-refractivity contribution in [3.05, 3.63) is 23.8 Å². The van der Waals surface area contributed by atoms with Crippen LogP contribution in [0.4, 0.5) is 24.5 Å². The third-order valence-electron chi connectivity index (χ3n) is 3.62. The Morgan fingerprint density at radius 3 is 2.48 bits per heavy atom. The Kier molecular flexibility index (Phi) is 4.75. The lowest BCUT2D eigenvalue weighted by molar-refractivity contribution is -0.137. The molecule has 3 nitrogen and oxygen atoms in total. The highest BCUT2D eigenvalue weighted by molar-refractivity contribution is 5.94. The van der Waals surface area contributed by atoms with Crippen LogP contribution in [0.5, 0.6) is 0 Å². The van der Waals surface area contributed by atoms with Gasteiger partial charge in [0.15, 0.2) is 0 Å². The molecule has 21 heavy (non-hydrogen) atoms. The number of amides is 1. The topological polar surface area (TPSA) is 32.3 Å². The van der Waals surface area contributed by atoms with E-state index in [0.717, 1.165) is 44.5 Å².